The van der Waals surface area contributed by atoms with Crippen molar-refractivity contribution in [2.24, 2.45) is 0 Å². The molecule has 0 saturated carbocycles. The molecule has 2 aromatic carbocycles. The number of carbonyl (C=O) groups is 1. The van der Waals surface area contributed by atoms with Gasteiger partial charge in [-0.15, -0.1) is 0 Å². The van der Waals surface area contributed by atoms with Gasteiger partial charge >= 0.3 is 0 Å². The summed E-state index contributed by atoms with van der Waals surface area (Å²) in [6.07, 6.45) is 0.704. The van der Waals surface area contributed by atoms with Crippen LogP contribution in [0.1, 0.15) is 10.4 Å². The van der Waals surface area contributed by atoms with Gasteiger partial charge in [-0.1, -0.05) is 11.6 Å². The lowest BCUT2D eigenvalue weighted by Gasteiger charge is -2.09. The molecule has 0 radical (unpaired) electrons. The summed E-state index contributed by atoms with van der Waals surface area (Å²) in [5.74, 6) is 0.171. The molecule has 4 heteroatoms. The average Bonchev–Trinajstić information content (AvgIpc) is 2.40. The van der Waals surface area contributed by atoms with Crippen LogP contribution >= 0.6 is 11.6 Å². The van der Waals surface area contributed by atoms with E-state index in [-0.39, 0.29) is 0 Å². The molecule has 0 amide bonds. The van der Waals surface area contributed by atoms with Crippen molar-refractivity contribution >= 4 is 17.9 Å². The third kappa shape index (κ3) is 2.36. The van der Waals surface area contributed by atoms with Crippen LogP contribution in [0.3, 0.4) is 0 Å². The van der Waals surface area contributed by atoms with E-state index in [0.29, 0.717) is 33.7 Å². The topological polar surface area (TPSA) is 26.3 Å². The minimum Gasteiger partial charge on any atom is -0.497 e. The Kier molecular flexibility index (Phi) is 3.63. The fourth-order valence-corrected chi connectivity index (χ4v) is 1.92. The predicted octanol–water partition coefficient (Wildman–Crippen LogP) is 3.97. The molecule has 0 bridgehead atoms. The van der Waals surface area contributed by atoms with Gasteiger partial charge in [-0.05, 0) is 42.0 Å². The summed E-state index contributed by atoms with van der Waals surface area (Å²) in [4.78, 5) is 11.0. The van der Waals surface area contributed by atoms with Crippen molar-refractivity contribution in [2.45, 2.75) is 0 Å². The molecule has 0 aliphatic rings. The zero-order valence-corrected chi connectivity index (χ0v) is 10.4. The van der Waals surface area contributed by atoms with Crippen LogP contribution in [0.5, 0.6) is 5.75 Å². The molecule has 92 valence electrons. The number of hydrogen-bond acceptors (Lipinski definition) is 2. The quantitative estimate of drug-likeness (QED) is 0.784. The highest BCUT2D eigenvalue weighted by molar-refractivity contribution is 6.33. The van der Waals surface area contributed by atoms with Crippen molar-refractivity contribution in [3.63, 3.8) is 0 Å². The molecule has 18 heavy (non-hydrogen) atoms. The van der Waals surface area contributed by atoms with Crippen molar-refractivity contribution in [1.29, 1.82) is 0 Å². The lowest BCUT2D eigenvalue weighted by atomic mass is 10.00. The van der Waals surface area contributed by atoms with E-state index in [1.807, 2.05) is 0 Å². The molecule has 0 aliphatic carbocycles. The van der Waals surface area contributed by atoms with Gasteiger partial charge in [0.05, 0.1) is 7.11 Å². The van der Waals surface area contributed by atoms with E-state index in [0.717, 1.165) is 0 Å². The first-order valence-electron chi connectivity index (χ1n) is 5.24. The summed E-state index contributed by atoms with van der Waals surface area (Å²) in [5.41, 5.74) is 1.45. The van der Waals surface area contributed by atoms with Crippen molar-refractivity contribution in [3.8, 4) is 16.9 Å². The molecule has 0 aliphatic heterocycles. The maximum Gasteiger partial charge on any atom is 0.150 e. The molecule has 2 rings (SSSR count). The first-order chi connectivity index (χ1) is 8.65. The van der Waals surface area contributed by atoms with E-state index >= 15 is 0 Å². The Labute approximate surface area is 109 Å². The van der Waals surface area contributed by atoms with E-state index in [4.69, 9.17) is 16.3 Å². The second-order valence-electron chi connectivity index (χ2n) is 3.70. The van der Waals surface area contributed by atoms with Crippen LogP contribution in [0.25, 0.3) is 11.1 Å². The highest BCUT2D eigenvalue weighted by Gasteiger charge is 2.11. The number of carbonyl (C=O) groups excluding carboxylic acids is 1. The summed E-state index contributed by atoms with van der Waals surface area (Å²) in [5, 5.41) is 0.382. The van der Waals surface area contributed by atoms with Gasteiger partial charge in [0.25, 0.3) is 0 Å². The van der Waals surface area contributed by atoms with Crippen molar-refractivity contribution in [1.82, 2.24) is 0 Å². The fraction of sp³-hybridized carbons (Fsp3) is 0.0714. The summed E-state index contributed by atoms with van der Waals surface area (Å²) < 4.78 is 18.4. The zero-order chi connectivity index (χ0) is 13.1. The van der Waals surface area contributed by atoms with Crippen LogP contribution in [0.15, 0.2) is 36.4 Å². The van der Waals surface area contributed by atoms with Crippen LogP contribution in [0, 0.1) is 5.82 Å². The molecule has 0 atom stereocenters. The van der Waals surface area contributed by atoms with Crippen LogP contribution in [-0.4, -0.2) is 13.4 Å². The maximum atomic E-state index is 13.3. The number of rotatable bonds is 3. The van der Waals surface area contributed by atoms with Crippen molar-refractivity contribution in [3.05, 3.63) is 52.8 Å². The predicted molar refractivity (Wildman–Crippen MR) is 68.8 cm³/mol. The molecule has 0 fully saturated rings. The number of halogens is 2. The molecular weight excluding hydrogens is 255 g/mol. The normalized spacial score (nSPS) is 10.2. The molecule has 0 spiro atoms. The van der Waals surface area contributed by atoms with Gasteiger partial charge in [-0.3, -0.25) is 4.79 Å². The molecule has 0 N–H and O–H groups in total. The Balaban J connectivity index is 2.67. The molecule has 0 aromatic heterocycles. The average molecular weight is 265 g/mol. The van der Waals surface area contributed by atoms with Gasteiger partial charge in [0.15, 0.2) is 6.29 Å². The number of benzene rings is 2. The third-order valence-corrected chi connectivity index (χ3v) is 2.94. The van der Waals surface area contributed by atoms with Crippen molar-refractivity contribution in [2.75, 3.05) is 7.11 Å². The van der Waals surface area contributed by atoms with E-state index in [1.54, 1.807) is 18.2 Å². The number of hydrogen-bond donors (Lipinski definition) is 0. The van der Waals surface area contributed by atoms with E-state index in [2.05, 4.69) is 0 Å². The maximum absolute atomic E-state index is 13.3. The second-order valence-corrected chi connectivity index (χ2v) is 4.10. The Morgan fingerprint density at radius 3 is 2.61 bits per heavy atom. The lowest BCUT2D eigenvalue weighted by molar-refractivity contribution is 0.112. The highest BCUT2D eigenvalue weighted by atomic mass is 35.5. The van der Waals surface area contributed by atoms with Crippen LogP contribution in [0.2, 0.25) is 5.02 Å². The summed E-state index contributed by atoms with van der Waals surface area (Å²) in [6, 6.07) is 8.96. The van der Waals surface area contributed by atoms with Gasteiger partial charge in [-0.25, -0.2) is 4.39 Å². The van der Waals surface area contributed by atoms with Crippen LogP contribution < -0.4 is 4.74 Å². The lowest BCUT2D eigenvalue weighted by Crippen LogP contribution is -1.92. The zero-order valence-electron chi connectivity index (χ0n) is 9.61. The minimum atomic E-state index is -0.408. The van der Waals surface area contributed by atoms with Gasteiger partial charge in [0, 0.05) is 16.1 Å². The number of methoxy groups -OCH3 is 1. The smallest absolute Gasteiger partial charge is 0.150 e. The fourth-order valence-electron chi connectivity index (χ4n) is 1.70. The van der Waals surface area contributed by atoms with Crippen molar-refractivity contribution < 1.29 is 13.9 Å². The van der Waals surface area contributed by atoms with Gasteiger partial charge < -0.3 is 4.74 Å². The van der Waals surface area contributed by atoms with Gasteiger partial charge in [0.1, 0.15) is 11.6 Å². The minimum absolute atomic E-state index is 0.382. The van der Waals surface area contributed by atoms with Crippen LogP contribution in [0.4, 0.5) is 4.39 Å². The molecular formula is C14H10ClFO2. The first-order valence-corrected chi connectivity index (χ1v) is 5.62. The van der Waals surface area contributed by atoms with E-state index in [1.165, 1.54) is 25.3 Å². The molecule has 0 unspecified atom stereocenters. The van der Waals surface area contributed by atoms with E-state index in [9.17, 15) is 9.18 Å². The first kappa shape index (κ1) is 12.6. The number of ether oxygens (including phenoxy) is 1. The van der Waals surface area contributed by atoms with Crippen LogP contribution in [-0.2, 0) is 0 Å². The molecule has 0 saturated heterocycles. The Bertz CT molecular complexity index is 596. The van der Waals surface area contributed by atoms with Gasteiger partial charge in [0.2, 0.25) is 0 Å². The Morgan fingerprint density at radius 2 is 1.94 bits per heavy atom. The SMILES string of the molecule is COc1ccc(C=O)c(-c2cc(F)ccc2Cl)c1. The molecule has 2 aromatic rings. The molecule has 2 nitrogen and oxygen atoms in total. The Morgan fingerprint density at radius 1 is 1.17 bits per heavy atom. The van der Waals surface area contributed by atoms with Gasteiger partial charge in [-0.2, -0.15) is 0 Å². The monoisotopic (exact) mass is 264 g/mol. The standard InChI is InChI=1S/C14H10ClFO2/c1-18-11-4-2-9(8-17)12(7-11)13-6-10(16)3-5-14(13)15/h2-8H,1H3. The highest BCUT2D eigenvalue weighted by Crippen LogP contribution is 2.33. The summed E-state index contributed by atoms with van der Waals surface area (Å²) in [7, 11) is 1.52. The summed E-state index contributed by atoms with van der Waals surface area (Å²) >= 11 is 6.03. The molecule has 0 heterocycles. The second kappa shape index (κ2) is 5.19. The summed E-state index contributed by atoms with van der Waals surface area (Å²) in [6.45, 7) is 0. The largest absolute Gasteiger partial charge is 0.497 e. The Hall–Kier alpha value is -1.87. The van der Waals surface area contributed by atoms with E-state index < -0.39 is 5.82 Å². The number of aldehydes is 1. The third-order valence-electron chi connectivity index (χ3n) is 2.61.